The first-order chi connectivity index (χ1) is 12.4. The van der Waals surface area contributed by atoms with Crippen molar-refractivity contribution in [3.05, 3.63) is 89.2 Å². The number of rotatable bonds is 5. The Morgan fingerprint density at radius 2 is 1.42 bits per heavy atom. The summed E-state index contributed by atoms with van der Waals surface area (Å²) >= 11 is 3.46. The normalized spacial score (nSPS) is 12.2. The van der Waals surface area contributed by atoms with Crippen LogP contribution in [0, 0.1) is 0 Å². The summed E-state index contributed by atoms with van der Waals surface area (Å²) < 4.78 is 7.73. The minimum atomic E-state index is -2.49. The monoisotopic (exact) mass is 425 g/mol. The lowest BCUT2D eigenvalue weighted by Gasteiger charge is -2.43. The van der Waals surface area contributed by atoms with Gasteiger partial charge in [0.2, 0.25) is 0 Å². The summed E-state index contributed by atoms with van der Waals surface area (Å²) in [5.41, 5.74) is 1.12. The molecule has 0 N–H and O–H groups in total. The highest BCUT2D eigenvalue weighted by molar-refractivity contribution is 9.10. The zero-order chi connectivity index (χ0) is 18.6. The molecule has 0 bridgehead atoms. The average Bonchev–Trinajstić information content (AvgIpc) is 2.63. The highest BCUT2D eigenvalue weighted by atomic mass is 79.9. The number of hydrogen-bond donors (Lipinski definition) is 0. The fourth-order valence-electron chi connectivity index (χ4n) is 3.49. The van der Waals surface area contributed by atoms with Crippen LogP contribution in [0.5, 0.6) is 0 Å². The van der Waals surface area contributed by atoms with E-state index >= 15 is 0 Å². The molecule has 0 aliphatic heterocycles. The van der Waals surface area contributed by atoms with Crippen molar-refractivity contribution in [2.75, 3.05) is 0 Å². The lowest BCUT2D eigenvalue weighted by molar-refractivity contribution is 0.286. The molecule has 0 radical (unpaired) electrons. The molecule has 0 atom stereocenters. The maximum atomic E-state index is 6.90. The second kappa shape index (κ2) is 7.87. The minimum Gasteiger partial charge on any atom is -0.403 e. The standard InChI is InChI=1S/C22H24BrNOSi/c1-22(2,3)26(19-10-6-4-7-11-19,20-12-8-5-9-13-20)25-17-18-14-15-24-21(23)16-18/h4-16H,17H2,1-3H3. The van der Waals surface area contributed by atoms with E-state index in [0.29, 0.717) is 6.61 Å². The van der Waals surface area contributed by atoms with E-state index in [-0.39, 0.29) is 5.04 Å². The molecule has 0 saturated heterocycles. The smallest absolute Gasteiger partial charge is 0.261 e. The summed E-state index contributed by atoms with van der Waals surface area (Å²) in [6, 6.07) is 25.5. The van der Waals surface area contributed by atoms with Gasteiger partial charge in [0.25, 0.3) is 8.32 Å². The van der Waals surface area contributed by atoms with Crippen molar-refractivity contribution >= 4 is 34.6 Å². The van der Waals surface area contributed by atoms with Gasteiger partial charge in [-0.2, -0.15) is 0 Å². The Bertz CT molecular complexity index is 807. The summed E-state index contributed by atoms with van der Waals surface area (Å²) in [5.74, 6) is 0. The first kappa shape index (κ1) is 19.0. The quantitative estimate of drug-likeness (QED) is 0.427. The van der Waals surface area contributed by atoms with Crippen LogP contribution < -0.4 is 10.4 Å². The number of benzene rings is 2. The second-order valence-corrected chi connectivity index (χ2v) is 12.6. The molecule has 1 aromatic heterocycles. The van der Waals surface area contributed by atoms with E-state index in [2.05, 4.69) is 102 Å². The molecule has 0 spiro atoms. The van der Waals surface area contributed by atoms with Crippen molar-refractivity contribution in [2.45, 2.75) is 32.4 Å². The van der Waals surface area contributed by atoms with Gasteiger partial charge in [-0.1, -0.05) is 81.4 Å². The molecular formula is C22H24BrNOSi. The van der Waals surface area contributed by atoms with E-state index in [0.717, 1.165) is 10.2 Å². The fraction of sp³-hybridized carbons (Fsp3) is 0.227. The maximum absolute atomic E-state index is 6.90. The molecule has 0 fully saturated rings. The SMILES string of the molecule is CC(C)(C)[Si](OCc1ccnc(Br)c1)(c1ccccc1)c1ccccc1. The molecular weight excluding hydrogens is 402 g/mol. The van der Waals surface area contributed by atoms with E-state index in [4.69, 9.17) is 4.43 Å². The Hall–Kier alpha value is -1.75. The Morgan fingerprint density at radius 3 is 1.88 bits per heavy atom. The van der Waals surface area contributed by atoms with Crippen LogP contribution in [0.3, 0.4) is 0 Å². The number of nitrogens with zero attached hydrogens (tertiary/aromatic N) is 1. The molecule has 0 saturated carbocycles. The van der Waals surface area contributed by atoms with Crippen LogP contribution >= 0.6 is 15.9 Å². The molecule has 2 nitrogen and oxygen atoms in total. The van der Waals surface area contributed by atoms with Crippen molar-refractivity contribution in [2.24, 2.45) is 0 Å². The van der Waals surface area contributed by atoms with E-state index in [9.17, 15) is 0 Å². The molecule has 3 aromatic rings. The van der Waals surface area contributed by atoms with E-state index < -0.39 is 8.32 Å². The fourth-order valence-corrected chi connectivity index (χ4v) is 8.44. The van der Waals surface area contributed by atoms with E-state index in [1.165, 1.54) is 10.4 Å². The summed E-state index contributed by atoms with van der Waals surface area (Å²) in [6.07, 6.45) is 1.81. The highest BCUT2D eigenvalue weighted by Crippen LogP contribution is 2.37. The Labute approximate surface area is 165 Å². The zero-order valence-electron chi connectivity index (χ0n) is 15.4. The van der Waals surface area contributed by atoms with E-state index in [1.54, 1.807) is 0 Å². The first-order valence-corrected chi connectivity index (χ1v) is 11.5. The first-order valence-electron chi connectivity index (χ1n) is 8.79. The van der Waals surface area contributed by atoms with Gasteiger partial charge in [-0.15, -0.1) is 0 Å². The molecule has 2 aromatic carbocycles. The third-order valence-electron chi connectivity index (χ3n) is 4.66. The van der Waals surface area contributed by atoms with Gasteiger partial charge in [0, 0.05) is 6.20 Å². The number of pyridine rings is 1. The Morgan fingerprint density at radius 1 is 0.885 bits per heavy atom. The molecule has 0 aliphatic carbocycles. The topological polar surface area (TPSA) is 22.1 Å². The van der Waals surface area contributed by atoms with Crippen molar-refractivity contribution in [3.8, 4) is 0 Å². The van der Waals surface area contributed by atoms with E-state index in [1.807, 2.05) is 18.3 Å². The number of aromatic nitrogens is 1. The average molecular weight is 426 g/mol. The van der Waals surface area contributed by atoms with Gasteiger partial charge in [0.05, 0.1) is 6.61 Å². The Balaban J connectivity index is 2.11. The summed E-state index contributed by atoms with van der Waals surface area (Å²) in [7, 11) is -2.49. The van der Waals surface area contributed by atoms with Crippen LogP contribution in [0.2, 0.25) is 5.04 Å². The predicted octanol–water partition coefficient (Wildman–Crippen LogP) is 4.92. The summed E-state index contributed by atoms with van der Waals surface area (Å²) in [4.78, 5) is 4.22. The highest BCUT2D eigenvalue weighted by Gasteiger charge is 2.50. The maximum Gasteiger partial charge on any atom is 0.261 e. The van der Waals surface area contributed by atoms with Crippen LogP contribution in [-0.4, -0.2) is 13.3 Å². The molecule has 0 aliphatic rings. The van der Waals surface area contributed by atoms with Gasteiger partial charge in [-0.25, -0.2) is 4.98 Å². The van der Waals surface area contributed by atoms with Crippen molar-refractivity contribution in [1.29, 1.82) is 0 Å². The molecule has 26 heavy (non-hydrogen) atoms. The lowest BCUT2D eigenvalue weighted by atomic mass is 10.2. The van der Waals surface area contributed by atoms with Gasteiger partial charge < -0.3 is 4.43 Å². The lowest BCUT2D eigenvalue weighted by Crippen LogP contribution is -2.66. The summed E-state index contributed by atoms with van der Waals surface area (Å²) in [5, 5.41) is 2.58. The van der Waals surface area contributed by atoms with Gasteiger partial charge in [0.15, 0.2) is 0 Å². The number of hydrogen-bond acceptors (Lipinski definition) is 2. The predicted molar refractivity (Wildman–Crippen MR) is 114 cm³/mol. The summed E-state index contributed by atoms with van der Waals surface area (Å²) in [6.45, 7) is 7.44. The van der Waals surface area contributed by atoms with Gasteiger partial charge in [-0.3, -0.25) is 0 Å². The Kier molecular flexibility index (Phi) is 5.75. The molecule has 1 heterocycles. The second-order valence-electron chi connectivity index (χ2n) is 7.44. The number of halogens is 1. The molecule has 0 amide bonds. The van der Waals surface area contributed by atoms with Crippen LogP contribution in [0.1, 0.15) is 26.3 Å². The molecule has 134 valence electrons. The third kappa shape index (κ3) is 3.82. The minimum absolute atomic E-state index is 0.0139. The van der Waals surface area contributed by atoms with Crippen molar-refractivity contribution in [1.82, 2.24) is 4.98 Å². The van der Waals surface area contributed by atoms with Crippen LogP contribution in [0.25, 0.3) is 0 Å². The van der Waals surface area contributed by atoms with Gasteiger partial charge in [0.1, 0.15) is 4.60 Å². The largest absolute Gasteiger partial charge is 0.403 e. The van der Waals surface area contributed by atoms with Crippen LogP contribution in [0.15, 0.2) is 83.6 Å². The van der Waals surface area contributed by atoms with Crippen molar-refractivity contribution in [3.63, 3.8) is 0 Å². The van der Waals surface area contributed by atoms with Crippen LogP contribution in [0.4, 0.5) is 0 Å². The van der Waals surface area contributed by atoms with Gasteiger partial charge >= 0.3 is 0 Å². The molecule has 4 heteroatoms. The molecule has 0 unspecified atom stereocenters. The third-order valence-corrected chi connectivity index (χ3v) is 10.1. The van der Waals surface area contributed by atoms with Gasteiger partial charge in [-0.05, 0) is 49.0 Å². The zero-order valence-corrected chi connectivity index (χ0v) is 18.0. The van der Waals surface area contributed by atoms with Crippen LogP contribution in [-0.2, 0) is 11.0 Å². The molecule has 3 rings (SSSR count). The van der Waals surface area contributed by atoms with Crippen molar-refractivity contribution < 1.29 is 4.43 Å².